The summed E-state index contributed by atoms with van der Waals surface area (Å²) in [6, 6.07) is 14.7. The van der Waals surface area contributed by atoms with Crippen molar-refractivity contribution in [3.05, 3.63) is 65.4 Å². The van der Waals surface area contributed by atoms with Crippen LogP contribution in [0.1, 0.15) is 23.2 Å². The van der Waals surface area contributed by atoms with Gasteiger partial charge in [0.2, 0.25) is 5.91 Å². The van der Waals surface area contributed by atoms with Gasteiger partial charge in [-0.2, -0.15) is 0 Å². The highest BCUT2D eigenvalue weighted by molar-refractivity contribution is 7.91. The van der Waals surface area contributed by atoms with Gasteiger partial charge in [-0.25, -0.2) is 8.42 Å². The molecule has 0 bridgehead atoms. The fourth-order valence-electron chi connectivity index (χ4n) is 3.65. The maximum absolute atomic E-state index is 13.0. The molecule has 0 atom stereocenters. The maximum atomic E-state index is 13.0. The lowest BCUT2D eigenvalue weighted by Crippen LogP contribution is -2.30. The van der Waals surface area contributed by atoms with E-state index < -0.39 is 9.84 Å². The summed E-state index contributed by atoms with van der Waals surface area (Å²) < 4.78 is 31.2. The van der Waals surface area contributed by atoms with Gasteiger partial charge in [-0.1, -0.05) is 35.5 Å². The third kappa shape index (κ3) is 3.82. The first kappa shape index (κ1) is 19.4. The molecule has 3 aromatic rings. The van der Waals surface area contributed by atoms with E-state index in [-0.39, 0.29) is 23.0 Å². The van der Waals surface area contributed by atoms with Crippen LogP contribution in [0.5, 0.6) is 0 Å². The van der Waals surface area contributed by atoms with Crippen LogP contribution in [0.3, 0.4) is 0 Å². The highest BCUT2D eigenvalue weighted by Crippen LogP contribution is 2.29. The third-order valence-corrected chi connectivity index (χ3v) is 7.06. The number of aryl methyl sites for hydroxylation is 2. The number of carbonyl (C=O) groups excluding carboxylic acids is 1. The summed E-state index contributed by atoms with van der Waals surface area (Å²) >= 11 is 0. The number of para-hydroxylation sites is 1. The van der Waals surface area contributed by atoms with Crippen LogP contribution in [0.25, 0.3) is 11.3 Å². The largest absolute Gasteiger partial charge is 0.356 e. The summed E-state index contributed by atoms with van der Waals surface area (Å²) in [7, 11) is -3.63. The van der Waals surface area contributed by atoms with Crippen molar-refractivity contribution in [3.8, 4) is 11.3 Å². The normalized spacial score (nSPS) is 13.5. The molecule has 1 aromatic heterocycles. The number of aromatic nitrogens is 1. The molecule has 150 valence electrons. The zero-order valence-corrected chi connectivity index (χ0v) is 17.2. The Labute approximate surface area is 170 Å². The van der Waals surface area contributed by atoms with Crippen molar-refractivity contribution < 1.29 is 17.7 Å². The number of hydrogen-bond acceptors (Lipinski definition) is 5. The second kappa shape index (κ2) is 7.48. The Morgan fingerprint density at radius 3 is 2.69 bits per heavy atom. The van der Waals surface area contributed by atoms with Crippen molar-refractivity contribution in [2.45, 2.75) is 31.6 Å². The van der Waals surface area contributed by atoms with Gasteiger partial charge in [0.1, 0.15) is 0 Å². The van der Waals surface area contributed by atoms with Crippen molar-refractivity contribution >= 4 is 21.4 Å². The number of rotatable bonds is 5. The lowest BCUT2D eigenvalue weighted by atomic mass is 10.1. The van der Waals surface area contributed by atoms with Crippen molar-refractivity contribution in [1.29, 1.82) is 0 Å². The highest BCUT2D eigenvalue weighted by atomic mass is 32.2. The predicted molar refractivity (Wildman–Crippen MR) is 111 cm³/mol. The minimum atomic E-state index is -3.63. The van der Waals surface area contributed by atoms with E-state index in [0.29, 0.717) is 23.4 Å². The van der Waals surface area contributed by atoms with Gasteiger partial charge in [-0.05, 0) is 43.5 Å². The molecule has 2 heterocycles. The average molecular weight is 410 g/mol. The molecule has 0 unspecified atom stereocenters. The minimum absolute atomic E-state index is 0.0538. The summed E-state index contributed by atoms with van der Waals surface area (Å²) in [5.41, 5.74) is 4.02. The highest BCUT2D eigenvalue weighted by Gasteiger charge is 2.26. The minimum Gasteiger partial charge on any atom is -0.356 e. The van der Waals surface area contributed by atoms with Gasteiger partial charge in [0.15, 0.2) is 15.6 Å². The number of fused-ring (bicyclic) bond motifs is 1. The quantitative estimate of drug-likeness (QED) is 0.641. The first-order valence-electron chi connectivity index (χ1n) is 9.50. The van der Waals surface area contributed by atoms with Gasteiger partial charge in [-0.15, -0.1) is 0 Å². The molecule has 0 saturated carbocycles. The van der Waals surface area contributed by atoms with Crippen LogP contribution in [-0.4, -0.2) is 31.8 Å². The molecule has 0 spiro atoms. The molecular formula is C22H22N2O4S. The van der Waals surface area contributed by atoms with Crippen molar-refractivity contribution in [1.82, 2.24) is 5.16 Å². The van der Waals surface area contributed by atoms with E-state index in [0.717, 1.165) is 23.4 Å². The van der Waals surface area contributed by atoms with Crippen molar-refractivity contribution in [2.75, 3.05) is 17.2 Å². The Morgan fingerprint density at radius 2 is 1.93 bits per heavy atom. The summed E-state index contributed by atoms with van der Waals surface area (Å²) in [6.07, 6.45) is 0.744. The number of anilines is 1. The molecule has 1 amide bonds. The second-order valence-electron chi connectivity index (χ2n) is 7.31. The second-order valence-corrected chi connectivity index (χ2v) is 9.38. The Kier molecular flexibility index (Phi) is 5.00. The van der Waals surface area contributed by atoms with E-state index in [1.165, 1.54) is 0 Å². The van der Waals surface area contributed by atoms with E-state index in [4.69, 9.17) is 4.52 Å². The fraction of sp³-hybridized carbons (Fsp3) is 0.273. The summed E-state index contributed by atoms with van der Waals surface area (Å²) in [5, 5.41) is 3.85. The zero-order chi connectivity index (χ0) is 20.6. The van der Waals surface area contributed by atoms with Gasteiger partial charge in [0.05, 0.1) is 16.3 Å². The Balaban J connectivity index is 1.53. The number of sulfone groups is 1. The fourth-order valence-corrected chi connectivity index (χ4v) is 5.18. The number of benzene rings is 2. The van der Waals surface area contributed by atoms with E-state index in [1.807, 2.05) is 24.3 Å². The molecule has 2 aromatic carbocycles. The lowest BCUT2D eigenvalue weighted by molar-refractivity contribution is -0.118. The monoisotopic (exact) mass is 410 g/mol. The third-order valence-electron chi connectivity index (χ3n) is 5.21. The van der Waals surface area contributed by atoms with Crippen LogP contribution in [0.4, 0.5) is 5.69 Å². The first-order chi connectivity index (χ1) is 13.8. The standard InChI is InChI=1S/C22H22N2O4S/c1-15-7-8-18(20-13-16(2)23-28-20)14-21(15)29(26,27)12-10-22(25)24-11-9-17-5-3-4-6-19(17)24/h3-8,13-14H,9-12H2,1-2H3. The molecule has 0 radical (unpaired) electrons. The first-order valence-corrected chi connectivity index (χ1v) is 11.2. The van der Waals surface area contributed by atoms with E-state index >= 15 is 0 Å². The van der Waals surface area contributed by atoms with Gasteiger partial charge >= 0.3 is 0 Å². The molecule has 7 heteroatoms. The van der Waals surface area contributed by atoms with Gasteiger partial charge < -0.3 is 9.42 Å². The Bertz CT molecular complexity index is 1180. The number of carbonyl (C=O) groups is 1. The Morgan fingerprint density at radius 1 is 1.14 bits per heavy atom. The molecule has 1 aliphatic rings. The van der Waals surface area contributed by atoms with Crippen LogP contribution < -0.4 is 4.90 Å². The Hall–Kier alpha value is -2.93. The van der Waals surface area contributed by atoms with Crippen LogP contribution in [-0.2, 0) is 21.1 Å². The molecule has 0 aliphatic carbocycles. The molecule has 29 heavy (non-hydrogen) atoms. The molecule has 6 nitrogen and oxygen atoms in total. The number of hydrogen-bond donors (Lipinski definition) is 0. The molecule has 0 fully saturated rings. The molecule has 0 N–H and O–H groups in total. The van der Waals surface area contributed by atoms with E-state index in [1.54, 1.807) is 43.0 Å². The lowest BCUT2D eigenvalue weighted by Gasteiger charge is -2.17. The van der Waals surface area contributed by atoms with Gasteiger partial charge in [0, 0.05) is 30.3 Å². The smallest absolute Gasteiger partial charge is 0.228 e. The average Bonchev–Trinajstić information content (AvgIpc) is 3.33. The zero-order valence-electron chi connectivity index (χ0n) is 16.4. The van der Waals surface area contributed by atoms with Gasteiger partial charge in [-0.3, -0.25) is 4.79 Å². The number of amides is 1. The van der Waals surface area contributed by atoms with E-state index in [9.17, 15) is 13.2 Å². The molecule has 1 aliphatic heterocycles. The maximum Gasteiger partial charge on any atom is 0.228 e. The van der Waals surface area contributed by atoms with Gasteiger partial charge in [0.25, 0.3) is 0 Å². The summed E-state index contributed by atoms with van der Waals surface area (Å²) in [6.45, 7) is 4.15. The van der Waals surface area contributed by atoms with Crippen molar-refractivity contribution in [2.24, 2.45) is 0 Å². The molecule has 0 saturated heterocycles. The van der Waals surface area contributed by atoms with E-state index in [2.05, 4.69) is 5.16 Å². The molecule has 4 rings (SSSR count). The summed E-state index contributed by atoms with van der Waals surface area (Å²) in [4.78, 5) is 14.6. The number of nitrogens with zero attached hydrogens (tertiary/aromatic N) is 2. The van der Waals surface area contributed by atoms with Crippen LogP contribution in [0, 0.1) is 13.8 Å². The van der Waals surface area contributed by atoms with Crippen molar-refractivity contribution in [3.63, 3.8) is 0 Å². The van der Waals surface area contributed by atoms with Crippen LogP contribution in [0.2, 0.25) is 0 Å². The van der Waals surface area contributed by atoms with Crippen LogP contribution in [0.15, 0.2) is 57.9 Å². The predicted octanol–water partition coefficient (Wildman–Crippen LogP) is 3.71. The molecular weight excluding hydrogens is 388 g/mol. The SMILES string of the molecule is Cc1cc(-c2ccc(C)c(S(=O)(=O)CCC(=O)N3CCc4ccccc43)c2)on1. The topological polar surface area (TPSA) is 80.5 Å². The van der Waals surface area contributed by atoms with Crippen LogP contribution >= 0.6 is 0 Å². The summed E-state index contributed by atoms with van der Waals surface area (Å²) in [5.74, 6) is 0.117.